The molecule has 0 fully saturated rings. The van der Waals surface area contributed by atoms with Crippen LogP contribution in [0.2, 0.25) is 4.34 Å². The van der Waals surface area contributed by atoms with Gasteiger partial charge in [0.15, 0.2) is 0 Å². The highest BCUT2D eigenvalue weighted by atomic mass is 35.5. The Morgan fingerprint density at radius 3 is 2.59 bits per heavy atom. The maximum atomic E-state index is 6.42. The highest BCUT2D eigenvalue weighted by molar-refractivity contribution is 7.16. The summed E-state index contributed by atoms with van der Waals surface area (Å²) in [5, 5.41) is -0.179. The highest BCUT2D eigenvalue weighted by Gasteiger charge is 2.14. The molecule has 0 radical (unpaired) electrons. The van der Waals surface area contributed by atoms with Crippen molar-refractivity contribution in [1.82, 2.24) is 0 Å². The van der Waals surface area contributed by atoms with E-state index in [-0.39, 0.29) is 5.38 Å². The molecule has 1 aromatic carbocycles. The van der Waals surface area contributed by atoms with Crippen molar-refractivity contribution in [3.05, 3.63) is 50.7 Å². The first-order valence-corrected chi connectivity index (χ1v) is 6.78. The zero-order valence-electron chi connectivity index (χ0n) is 9.54. The quantitative estimate of drug-likeness (QED) is 0.718. The van der Waals surface area contributed by atoms with Gasteiger partial charge in [0.25, 0.3) is 0 Å². The zero-order chi connectivity index (χ0) is 12.4. The van der Waals surface area contributed by atoms with Crippen LogP contribution in [0.15, 0.2) is 30.3 Å². The van der Waals surface area contributed by atoms with Gasteiger partial charge in [-0.15, -0.1) is 22.9 Å². The summed E-state index contributed by atoms with van der Waals surface area (Å²) < 4.78 is 6.05. The molecular weight excluding hydrogens is 275 g/mol. The number of rotatable bonds is 3. The summed E-state index contributed by atoms with van der Waals surface area (Å²) in [6.45, 7) is 2.01. The van der Waals surface area contributed by atoms with E-state index in [0.29, 0.717) is 0 Å². The lowest BCUT2D eigenvalue weighted by molar-refractivity contribution is 0.411. The third-order valence-electron chi connectivity index (χ3n) is 2.57. The molecule has 2 rings (SSSR count). The molecule has 1 heterocycles. The molecular formula is C13H12Cl2OS. The van der Waals surface area contributed by atoms with E-state index >= 15 is 0 Å². The number of hydrogen-bond donors (Lipinski definition) is 0. The number of thiophene rings is 1. The summed E-state index contributed by atoms with van der Waals surface area (Å²) in [4.78, 5) is 1.04. The van der Waals surface area contributed by atoms with Crippen molar-refractivity contribution in [3.8, 4) is 5.75 Å². The molecule has 1 atom stereocenters. The molecule has 90 valence electrons. The number of halogens is 2. The Morgan fingerprint density at radius 1 is 1.24 bits per heavy atom. The van der Waals surface area contributed by atoms with Crippen LogP contribution in [-0.2, 0) is 0 Å². The molecule has 4 heteroatoms. The molecule has 0 N–H and O–H groups in total. The van der Waals surface area contributed by atoms with Gasteiger partial charge in [0.2, 0.25) is 0 Å². The number of alkyl halides is 1. The van der Waals surface area contributed by atoms with Gasteiger partial charge in [-0.25, -0.2) is 0 Å². The topological polar surface area (TPSA) is 9.23 Å². The number of benzene rings is 1. The Balaban J connectivity index is 2.34. The van der Waals surface area contributed by atoms with Crippen LogP contribution >= 0.6 is 34.5 Å². The Bertz CT molecular complexity index is 522. The lowest BCUT2D eigenvalue weighted by Gasteiger charge is -2.11. The van der Waals surface area contributed by atoms with Crippen LogP contribution in [0.1, 0.15) is 21.4 Å². The molecule has 1 aromatic heterocycles. The molecule has 0 aliphatic heterocycles. The molecule has 0 amide bonds. The monoisotopic (exact) mass is 286 g/mol. The molecule has 1 unspecified atom stereocenters. The lowest BCUT2D eigenvalue weighted by atomic mass is 10.1. The van der Waals surface area contributed by atoms with Crippen LogP contribution < -0.4 is 4.74 Å². The first-order valence-electron chi connectivity index (χ1n) is 5.15. The summed E-state index contributed by atoms with van der Waals surface area (Å²) in [6.07, 6.45) is 0. The van der Waals surface area contributed by atoms with Gasteiger partial charge in [-0.05, 0) is 36.2 Å². The van der Waals surface area contributed by atoms with E-state index in [9.17, 15) is 0 Å². The van der Waals surface area contributed by atoms with Crippen molar-refractivity contribution in [2.24, 2.45) is 0 Å². The average molecular weight is 287 g/mol. The minimum Gasteiger partial charge on any atom is -0.496 e. The molecule has 1 nitrogen and oxygen atoms in total. The molecule has 17 heavy (non-hydrogen) atoms. The number of hydrogen-bond acceptors (Lipinski definition) is 2. The fourth-order valence-corrected chi connectivity index (χ4v) is 3.03. The average Bonchev–Trinajstić information content (AvgIpc) is 2.75. The summed E-state index contributed by atoms with van der Waals surface area (Å²) in [5.41, 5.74) is 2.12. The number of methoxy groups -OCH3 is 1. The maximum Gasteiger partial charge on any atom is 0.122 e. The van der Waals surface area contributed by atoms with Gasteiger partial charge in [-0.3, -0.25) is 0 Å². The Labute approximate surface area is 115 Å². The van der Waals surface area contributed by atoms with E-state index in [2.05, 4.69) is 0 Å². The fraction of sp³-hybridized carbons (Fsp3) is 0.231. The van der Waals surface area contributed by atoms with Gasteiger partial charge in [0.1, 0.15) is 5.75 Å². The second-order valence-electron chi connectivity index (χ2n) is 3.73. The molecule has 0 aliphatic carbocycles. The lowest BCUT2D eigenvalue weighted by Crippen LogP contribution is -1.93. The van der Waals surface area contributed by atoms with Crippen molar-refractivity contribution in [2.45, 2.75) is 12.3 Å². The third-order valence-corrected chi connectivity index (χ3v) is 4.48. The molecule has 0 saturated heterocycles. The van der Waals surface area contributed by atoms with E-state index in [0.717, 1.165) is 26.1 Å². The van der Waals surface area contributed by atoms with Crippen molar-refractivity contribution < 1.29 is 4.74 Å². The summed E-state index contributed by atoms with van der Waals surface area (Å²) in [6, 6.07) is 9.82. The van der Waals surface area contributed by atoms with Gasteiger partial charge < -0.3 is 4.74 Å². The molecule has 0 saturated carbocycles. The number of ether oxygens (including phenoxy) is 1. The summed E-state index contributed by atoms with van der Waals surface area (Å²) in [7, 11) is 1.66. The van der Waals surface area contributed by atoms with Gasteiger partial charge in [-0.2, -0.15) is 0 Å². The first kappa shape index (κ1) is 12.7. The van der Waals surface area contributed by atoms with Gasteiger partial charge in [0.05, 0.1) is 16.8 Å². The smallest absolute Gasteiger partial charge is 0.122 e. The SMILES string of the molecule is COc1cc(C(Cl)c2ccc(Cl)s2)ccc1C. The standard InChI is InChI=1S/C13H12Cl2OS/c1-8-3-4-9(7-10(8)16-2)13(15)11-5-6-12(14)17-11/h3-7,13H,1-2H3. The zero-order valence-corrected chi connectivity index (χ0v) is 11.9. The van der Waals surface area contributed by atoms with Gasteiger partial charge in [0, 0.05) is 4.88 Å². The van der Waals surface area contributed by atoms with Crippen LogP contribution in [0.25, 0.3) is 0 Å². The highest BCUT2D eigenvalue weighted by Crippen LogP contribution is 2.37. The van der Waals surface area contributed by atoms with Crippen molar-refractivity contribution >= 4 is 34.5 Å². The predicted octanol–water partition coefficient (Wildman–Crippen LogP) is 5.05. The second-order valence-corrected chi connectivity index (χ2v) is 5.92. The van der Waals surface area contributed by atoms with Crippen LogP contribution in [-0.4, -0.2) is 7.11 Å². The van der Waals surface area contributed by atoms with E-state index in [1.54, 1.807) is 7.11 Å². The fourth-order valence-electron chi connectivity index (χ4n) is 1.62. The van der Waals surface area contributed by atoms with Crippen molar-refractivity contribution in [1.29, 1.82) is 0 Å². The predicted molar refractivity (Wildman–Crippen MR) is 74.8 cm³/mol. The third kappa shape index (κ3) is 2.76. The number of aryl methyl sites for hydroxylation is 1. The first-order chi connectivity index (χ1) is 8.11. The molecule has 0 bridgehead atoms. The Kier molecular flexibility index (Phi) is 3.97. The van der Waals surface area contributed by atoms with E-state index in [1.807, 2.05) is 37.3 Å². The molecule has 2 aromatic rings. The van der Waals surface area contributed by atoms with Crippen LogP contribution in [0.3, 0.4) is 0 Å². The van der Waals surface area contributed by atoms with E-state index < -0.39 is 0 Å². The summed E-state index contributed by atoms with van der Waals surface area (Å²) in [5.74, 6) is 0.857. The normalized spacial score (nSPS) is 12.5. The summed E-state index contributed by atoms with van der Waals surface area (Å²) >= 11 is 13.8. The van der Waals surface area contributed by atoms with Crippen molar-refractivity contribution in [2.75, 3.05) is 7.11 Å². The van der Waals surface area contributed by atoms with Crippen LogP contribution in [0.5, 0.6) is 5.75 Å². The van der Waals surface area contributed by atoms with Crippen molar-refractivity contribution in [3.63, 3.8) is 0 Å². The Morgan fingerprint density at radius 2 is 2.00 bits per heavy atom. The van der Waals surface area contributed by atoms with E-state index in [4.69, 9.17) is 27.9 Å². The largest absolute Gasteiger partial charge is 0.496 e. The minimum absolute atomic E-state index is 0.179. The Hall–Kier alpha value is -0.700. The molecule has 0 spiro atoms. The second kappa shape index (κ2) is 5.30. The van der Waals surface area contributed by atoms with Crippen LogP contribution in [0.4, 0.5) is 0 Å². The minimum atomic E-state index is -0.179. The maximum absolute atomic E-state index is 6.42. The molecule has 0 aliphatic rings. The van der Waals surface area contributed by atoms with Gasteiger partial charge in [-0.1, -0.05) is 23.7 Å². The van der Waals surface area contributed by atoms with Gasteiger partial charge >= 0.3 is 0 Å². The van der Waals surface area contributed by atoms with E-state index in [1.165, 1.54) is 11.3 Å². The van der Waals surface area contributed by atoms with Crippen LogP contribution in [0, 0.1) is 6.92 Å².